The monoisotopic (exact) mass is 296 g/mol. The predicted molar refractivity (Wildman–Crippen MR) is 76.4 cm³/mol. The maximum atomic E-state index is 12.4. The molecule has 0 N–H and O–H groups in total. The highest BCUT2D eigenvalue weighted by Crippen LogP contribution is 2.22. The van der Waals surface area contributed by atoms with Crippen molar-refractivity contribution in [3.05, 3.63) is 0 Å². The highest BCUT2D eigenvalue weighted by Gasteiger charge is 2.37. The van der Waals surface area contributed by atoms with Crippen molar-refractivity contribution in [3.8, 4) is 0 Å². The Hall–Kier alpha value is -1.59. The van der Waals surface area contributed by atoms with Crippen molar-refractivity contribution < 1.29 is 19.1 Å². The lowest BCUT2D eigenvalue weighted by Gasteiger charge is -2.28. The average molecular weight is 296 g/mol. The van der Waals surface area contributed by atoms with Crippen LogP contribution in [-0.2, 0) is 19.1 Å². The van der Waals surface area contributed by atoms with Crippen LogP contribution in [-0.4, -0.2) is 58.9 Å². The lowest BCUT2D eigenvalue weighted by Crippen LogP contribution is -2.47. The maximum absolute atomic E-state index is 12.4. The molecule has 2 heterocycles. The third-order valence-corrected chi connectivity index (χ3v) is 3.75. The van der Waals surface area contributed by atoms with E-state index >= 15 is 0 Å². The molecule has 2 fully saturated rings. The molecule has 118 valence electrons. The van der Waals surface area contributed by atoms with Crippen LogP contribution < -0.4 is 0 Å². The number of ether oxygens (including phenoxy) is 1. The Balaban J connectivity index is 1.96. The maximum Gasteiger partial charge on any atom is 0.329 e. The Kier molecular flexibility index (Phi) is 4.54. The summed E-state index contributed by atoms with van der Waals surface area (Å²) in [6, 6.07) is -0.505. The Morgan fingerprint density at radius 3 is 2.52 bits per heavy atom. The number of esters is 1. The minimum atomic E-state index is -0.556. The topological polar surface area (TPSA) is 66.9 Å². The van der Waals surface area contributed by atoms with Crippen molar-refractivity contribution in [2.45, 2.75) is 58.1 Å². The highest BCUT2D eigenvalue weighted by molar-refractivity contribution is 5.89. The van der Waals surface area contributed by atoms with Gasteiger partial charge in [-0.05, 0) is 40.0 Å². The molecular formula is C15H24N2O4. The fourth-order valence-corrected chi connectivity index (χ4v) is 2.81. The zero-order valence-electron chi connectivity index (χ0n) is 13.1. The molecule has 0 saturated carbocycles. The second-order valence-electron chi connectivity index (χ2n) is 6.70. The molecular weight excluding hydrogens is 272 g/mol. The molecule has 1 atom stereocenters. The van der Waals surface area contributed by atoms with Gasteiger partial charge in [0.25, 0.3) is 0 Å². The summed E-state index contributed by atoms with van der Waals surface area (Å²) in [6.07, 6.45) is 2.75. The van der Waals surface area contributed by atoms with E-state index in [9.17, 15) is 14.4 Å². The van der Waals surface area contributed by atoms with Gasteiger partial charge in [-0.1, -0.05) is 0 Å². The molecule has 2 aliphatic rings. The molecule has 2 saturated heterocycles. The van der Waals surface area contributed by atoms with Gasteiger partial charge in [-0.15, -0.1) is 0 Å². The van der Waals surface area contributed by atoms with E-state index in [1.165, 1.54) is 0 Å². The van der Waals surface area contributed by atoms with Crippen molar-refractivity contribution in [3.63, 3.8) is 0 Å². The predicted octanol–water partition coefficient (Wildman–Crippen LogP) is 0.942. The summed E-state index contributed by atoms with van der Waals surface area (Å²) in [5.41, 5.74) is -0.556. The molecule has 0 aromatic carbocycles. The van der Waals surface area contributed by atoms with E-state index in [2.05, 4.69) is 0 Å². The van der Waals surface area contributed by atoms with Crippen LogP contribution in [0, 0.1) is 0 Å². The lowest BCUT2D eigenvalue weighted by atomic mass is 10.1. The second-order valence-corrected chi connectivity index (χ2v) is 6.70. The van der Waals surface area contributed by atoms with E-state index in [4.69, 9.17) is 4.74 Å². The van der Waals surface area contributed by atoms with E-state index in [-0.39, 0.29) is 24.3 Å². The molecule has 0 aromatic heterocycles. The molecule has 0 aromatic rings. The van der Waals surface area contributed by atoms with Crippen molar-refractivity contribution in [2.75, 3.05) is 19.6 Å². The number of amides is 2. The first-order valence-corrected chi connectivity index (χ1v) is 7.58. The van der Waals surface area contributed by atoms with Crippen LogP contribution in [0.2, 0.25) is 0 Å². The standard InChI is InChI=1S/C15H24N2O4/c1-15(2,3)21-14(20)11-6-4-9-17(11)13(19)10-16-8-5-7-12(16)18/h11H,4-10H2,1-3H3/t11-/m1/s1. The quantitative estimate of drug-likeness (QED) is 0.727. The summed E-state index contributed by atoms with van der Waals surface area (Å²) in [6.45, 7) is 6.72. The molecule has 6 heteroatoms. The smallest absolute Gasteiger partial charge is 0.329 e. The Morgan fingerprint density at radius 1 is 1.24 bits per heavy atom. The second kappa shape index (κ2) is 6.03. The van der Waals surface area contributed by atoms with Crippen LogP contribution in [0.1, 0.15) is 46.5 Å². The Labute approximate surface area is 125 Å². The van der Waals surface area contributed by atoms with Crippen molar-refractivity contribution in [2.24, 2.45) is 0 Å². The molecule has 2 aliphatic heterocycles. The fraction of sp³-hybridized carbons (Fsp3) is 0.800. The summed E-state index contributed by atoms with van der Waals surface area (Å²) in [5, 5.41) is 0. The fourth-order valence-electron chi connectivity index (χ4n) is 2.81. The van der Waals surface area contributed by atoms with E-state index in [0.717, 1.165) is 12.8 Å². The van der Waals surface area contributed by atoms with E-state index in [0.29, 0.717) is 25.9 Å². The molecule has 2 amide bonds. The minimum absolute atomic E-state index is 0.0244. The van der Waals surface area contributed by atoms with Crippen LogP contribution in [0.3, 0.4) is 0 Å². The number of likely N-dealkylation sites (tertiary alicyclic amines) is 2. The highest BCUT2D eigenvalue weighted by atomic mass is 16.6. The molecule has 0 unspecified atom stereocenters. The van der Waals surface area contributed by atoms with Gasteiger partial charge < -0.3 is 14.5 Å². The van der Waals surface area contributed by atoms with Gasteiger partial charge in [-0.2, -0.15) is 0 Å². The van der Waals surface area contributed by atoms with Gasteiger partial charge in [0.15, 0.2) is 0 Å². The zero-order valence-corrected chi connectivity index (χ0v) is 13.1. The molecule has 2 rings (SSSR count). The van der Waals surface area contributed by atoms with E-state index in [1.54, 1.807) is 9.80 Å². The van der Waals surface area contributed by atoms with Crippen LogP contribution >= 0.6 is 0 Å². The normalized spacial score (nSPS) is 22.8. The van der Waals surface area contributed by atoms with Crippen molar-refractivity contribution >= 4 is 17.8 Å². The van der Waals surface area contributed by atoms with Gasteiger partial charge in [-0.25, -0.2) is 4.79 Å². The van der Waals surface area contributed by atoms with E-state index in [1.807, 2.05) is 20.8 Å². The van der Waals surface area contributed by atoms with Gasteiger partial charge in [0, 0.05) is 19.5 Å². The van der Waals surface area contributed by atoms with Gasteiger partial charge in [0.1, 0.15) is 11.6 Å². The van der Waals surface area contributed by atoms with Gasteiger partial charge in [0.05, 0.1) is 6.54 Å². The van der Waals surface area contributed by atoms with Gasteiger partial charge in [-0.3, -0.25) is 9.59 Å². The molecule has 0 spiro atoms. The Morgan fingerprint density at radius 2 is 1.95 bits per heavy atom. The number of hydrogen-bond acceptors (Lipinski definition) is 4. The summed E-state index contributed by atoms with van der Waals surface area (Å²) < 4.78 is 5.38. The first-order valence-electron chi connectivity index (χ1n) is 7.58. The van der Waals surface area contributed by atoms with Gasteiger partial charge in [0.2, 0.25) is 11.8 Å². The SMILES string of the molecule is CC(C)(C)OC(=O)[C@H]1CCCN1C(=O)CN1CCCC1=O. The van der Waals surface area contributed by atoms with Crippen molar-refractivity contribution in [1.29, 1.82) is 0 Å². The summed E-state index contributed by atoms with van der Waals surface area (Å²) in [7, 11) is 0. The molecule has 0 bridgehead atoms. The number of carbonyl (C=O) groups excluding carboxylic acids is 3. The van der Waals surface area contributed by atoms with Crippen LogP contribution in [0.15, 0.2) is 0 Å². The summed E-state index contributed by atoms with van der Waals surface area (Å²) >= 11 is 0. The number of hydrogen-bond donors (Lipinski definition) is 0. The third kappa shape index (κ3) is 3.95. The van der Waals surface area contributed by atoms with Gasteiger partial charge >= 0.3 is 5.97 Å². The summed E-state index contributed by atoms with van der Waals surface area (Å²) in [5.74, 6) is -0.476. The third-order valence-electron chi connectivity index (χ3n) is 3.75. The molecule has 0 radical (unpaired) electrons. The Bertz CT molecular complexity index is 441. The first-order chi connectivity index (χ1) is 9.78. The lowest BCUT2D eigenvalue weighted by molar-refractivity contribution is -0.163. The van der Waals surface area contributed by atoms with Crippen LogP contribution in [0.4, 0.5) is 0 Å². The number of nitrogens with zero attached hydrogens (tertiary/aromatic N) is 2. The molecule has 6 nitrogen and oxygen atoms in total. The first kappa shape index (κ1) is 15.8. The van der Waals surface area contributed by atoms with Crippen molar-refractivity contribution in [1.82, 2.24) is 9.80 Å². The number of rotatable bonds is 3. The van der Waals surface area contributed by atoms with Crippen LogP contribution in [0.5, 0.6) is 0 Å². The minimum Gasteiger partial charge on any atom is -0.458 e. The zero-order chi connectivity index (χ0) is 15.6. The molecule has 0 aliphatic carbocycles. The largest absolute Gasteiger partial charge is 0.458 e. The summed E-state index contributed by atoms with van der Waals surface area (Å²) in [4.78, 5) is 39.3. The van der Waals surface area contributed by atoms with E-state index < -0.39 is 11.6 Å². The van der Waals surface area contributed by atoms with Crippen LogP contribution in [0.25, 0.3) is 0 Å². The number of carbonyl (C=O) groups is 3. The average Bonchev–Trinajstić information content (AvgIpc) is 2.96. The molecule has 21 heavy (non-hydrogen) atoms.